The molecule has 0 radical (unpaired) electrons. The van der Waals surface area contributed by atoms with Gasteiger partial charge in [0.2, 0.25) is 0 Å². The van der Waals surface area contributed by atoms with E-state index in [1.165, 1.54) is 0 Å². The van der Waals surface area contributed by atoms with Gasteiger partial charge in [0.25, 0.3) is 5.56 Å². The van der Waals surface area contributed by atoms with Crippen molar-refractivity contribution in [3.05, 3.63) is 69.3 Å². The molecule has 1 aromatic heterocycles. The molecule has 0 saturated carbocycles. The van der Waals surface area contributed by atoms with Crippen LogP contribution in [-0.4, -0.2) is 15.9 Å². The Balaban J connectivity index is 1.73. The number of carbonyl (C=O) groups excluding carboxylic acids is 1. The van der Waals surface area contributed by atoms with Crippen molar-refractivity contribution in [1.29, 1.82) is 0 Å². The van der Waals surface area contributed by atoms with Crippen LogP contribution in [0, 0.1) is 20.8 Å². The first-order valence-corrected chi connectivity index (χ1v) is 8.21. The number of aromatic amines is 1. The number of esters is 1. The highest BCUT2D eigenvalue weighted by atomic mass is 16.5. The standard InChI is InChI=1S/C20H20N2O3/c1-12-8-9-13(2)19(14(12)3)25-18(23)11-10-17-21-16-7-5-4-6-15(16)20(24)22-17/h4-9H,10-11H2,1-3H3,(H,21,22,24). The van der Waals surface area contributed by atoms with Crippen molar-refractivity contribution < 1.29 is 9.53 Å². The zero-order valence-corrected chi connectivity index (χ0v) is 14.6. The van der Waals surface area contributed by atoms with E-state index in [1.807, 2.05) is 39.0 Å². The second-order valence-electron chi connectivity index (χ2n) is 6.16. The molecule has 0 bridgehead atoms. The van der Waals surface area contributed by atoms with Gasteiger partial charge in [-0.3, -0.25) is 9.59 Å². The van der Waals surface area contributed by atoms with Gasteiger partial charge in [-0.1, -0.05) is 24.3 Å². The number of para-hydroxylation sites is 1. The van der Waals surface area contributed by atoms with Crippen LogP contribution in [0.15, 0.2) is 41.2 Å². The third-order valence-electron chi connectivity index (χ3n) is 4.32. The predicted molar refractivity (Wildman–Crippen MR) is 97.0 cm³/mol. The van der Waals surface area contributed by atoms with Gasteiger partial charge in [-0.2, -0.15) is 0 Å². The summed E-state index contributed by atoms with van der Waals surface area (Å²) in [6, 6.07) is 11.1. The fourth-order valence-corrected chi connectivity index (χ4v) is 2.72. The molecule has 0 aliphatic rings. The van der Waals surface area contributed by atoms with E-state index in [2.05, 4.69) is 9.97 Å². The maximum Gasteiger partial charge on any atom is 0.311 e. The van der Waals surface area contributed by atoms with Crippen molar-refractivity contribution in [3.8, 4) is 5.75 Å². The molecule has 0 unspecified atom stereocenters. The molecular weight excluding hydrogens is 316 g/mol. The average Bonchev–Trinajstić information content (AvgIpc) is 2.60. The van der Waals surface area contributed by atoms with E-state index in [9.17, 15) is 9.59 Å². The monoisotopic (exact) mass is 336 g/mol. The van der Waals surface area contributed by atoms with Gasteiger partial charge in [-0.25, -0.2) is 4.98 Å². The quantitative estimate of drug-likeness (QED) is 0.585. The minimum Gasteiger partial charge on any atom is -0.426 e. The van der Waals surface area contributed by atoms with E-state index in [4.69, 9.17) is 4.74 Å². The number of H-pyrrole nitrogens is 1. The van der Waals surface area contributed by atoms with Crippen molar-refractivity contribution in [2.24, 2.45) is 0 Å². The van der Waals surface area contributed by atoms with Crippen LogP contribution in [0.1, 0.15) is 28.9 Å². The fraction of sp³-hybridized carbons (Fsp3) is 0.250. The summed E-state index contributed by atoms with van der Waals surface area (Å²) >= 11 is 0. The van der Waals surface area contributed by atoms with Crippen LogP contribution in [0.2, 0.25) is 0 Å². The summed E-state index contributed by atoms with van der Waals surface area (Å²) in [5.74, 6) is 0.760. The van der Waals surface area contributed by atoms with Crippen molar-refractivity contribution in [2.45, 2.75) is 33.6 Å². The van der Waals surface area contributed by atoms with E-state index in [1.54, 1.807) is 18.2 Å². The molecular formula is C20H20N2O3. The number of aromatic nitrogens is 2. The number of hydrogen-bond acceptors (Lipinski definition) is 4. The lowest BCUT2D eigenvalue weighted by Crippen LogP contribution is -2.15. The van der Waals surface area contributed by atoms with Crippen molar-refractivity contribution in [3.63, 3.8) is 0 Å². The van der Waals surface area contributed by atoms with Gasteiger partial charge in [0.15, 0.2) is 0 Å². The Morgan fingerprint density at radius 2 is 1.80 bits per heavy atom. The Kier molecular flexibility index (Phi) is 4.65. The van der Waals surface area contributed by atoms with Crippen LogP contribution in [0.25, 0.3) is 10.9 Å². The second kappa shape index (κ2) is 6.89. The van der Waals surface area contributed by atoms with Gasteiger partial charge in [0, 0.05) is 6.42 Å². The minimum atomic E-state index is -0.340. The number of nitrogens with one attached hydrogen (secondary N) is 1. The zero-order chi connectivity index (χ0) is 18.0. The Hall–Kier alpha value is -2.95. The van der Waals surface area contributed by atoms with Crippen molar-refractivity contribution in [2.75, 3.05) is 0 Å². The number of nitrogens with zero attached hydrogens (tertiary/aromatic N) is 1. The SMILES string of the molecule is Cc1ccc(C)c(OC(=O)CCc2nc3ccccc3c(=O)[nH]2)c1C. The Morgan fingerprint density at radius 1 is 1.08 bits per heavy atom. The molecule has 5 heteroatoms. The lowest BCUT2D eigenvalue weighted by molar-refractivity contribution is -0.134. The lowest BCUT2D eigenvalue weighted by atomic mass is 10.1. The van der Waals surface area contributed by atoms with Gasteiger partial charge in [0.05, 0.1) is 17.3 Å². The second-order valence-corrected chi connectivity index (χ2v) is 6.16. The molecule has 0 aliphatic heterocycles. The third kappa shape index (κ3) is 3.60. The zero-order valence-electron chi connectivity index (χ0n) is 14.6. The molecule has 128 valence electrons. The molecule has 0 atom stereocenters. The summed E-state index contributed by atoms with van der Waals surface area (Å²) in [4.78, 5) is 31.4. The van der Waals surface area contributed by atoms with E-state index in [0.29, 0.717) is 28.9 Å². The van der Waals surface area contributed by atoms with Gasteiger partial charge in [0.1, 0.15) is 11.6 Å². The highest BCUT2D eigenvalue weighted by molar-refractivity contribution is 5.77. The maximum absolute atomic E-state index is 12.2. The third-order valence-corrected chi connectivity index (χ3v) is 4.32. The summed E-state index contributed by atoms with van der Waals surface area (Å²) in [7, 11) is 0. The summed E-state index contributed by atoms with van der Waals surface area (Å²) in [5, 5.41) is 0.542. The first-order chi connectivity index (χ1) is 12.0. The highest BCUT2D eigenvalue weighted by Crippen LogP contribution is 2.26. The van der Waals surface area contributed by atoms with Crippen LogP contribution >= 0.6 is 0 Å². The Labute approximate surface area is 145 Å². The van der Waals surface area contributed by atoms with E-state index in [-0.39, 0.29) is 17.9 Å². The summed E-state index contributed by atoms with van der Waals surface area (Å²) < 4.78 is 5.54. The van der Waals surface area contributed by atoms with Gasteiger partial charge >= 0.3 is 5.97 Å². The molecule has 0 fully saturated rings. The largest absolute Gasteiger partial charge is 0.426 e. The number of aryl methyl sites for hydroxylation is 3. The fourth-order valence-electron chi connectivity index (χ4n) is 2.72. The number of fused-ring (bicyclic) bond motifs is 1. The molecule has 0 amide bonds. The molecule has 1 heterocycles. The first-order valence-electron chi connectivity index (χ1n) is 8.21. The molecule has 5 nitrogen and oxygen atoms in total. The van der Waals surface area contributed by atoms with Crippen LogP contribution in [0.5, 0.6) is 5.75 Å². The van der Waals surface area contributed by atoms with Crippen molar-refractivity contribution >= 4 is 16.9 Å². The number of carbonyl (C=O) groups is 1. The highest BCUT2D eigenvalue weighted by Gasteiger charge is 2.13. The molecule has 25 heavy (non-hydrogen) atoms. The van der Waals surface area contributed by atoms with Crippen LogP contribution in [-0.2, 0) is 11.2 Å². The number of ether oxygens (including phenoxy) is 1. The average molecular weight is 336 g/mol. The number of hydrogen-bond donors (Lipinski definition) is 1. The lowest BCUT2D eigenvalue weighted by Gasteiger charge is -2.12. The first kappa shape index (κ1) is 16.9. The minimum absolute atomic E-state index is 0.147. The van der Waals surface area contributed by atoms with Gasteiger partial charge in [-0.15, -0.1) is 0 Å². The maximum atomic E-state index is 12.2. The normalized spacial score (nSPS) is 10.8. The molecule has 3 aromatic rings. The predicted octanol–water partition coefficient (Wildman–Crippen LogP) is 3.39. The van der Waals surface area contributed by atoms with E-state index in [0.717, 1.165) is 16.7 Å². The molecule has 1 N–H and O–H groups in total. The van der Waals surface area contributed by atoms with Crippen LogP contribution in [0.3, 0.4) is 0 Å². The van der Waals surface area contributed by atoms with E-state index >= 15 is 0 Å². The topological polar surface area (TPSA) is 72.0 Å². The van der Waals surface area contributed by atoms with Crippen LogP contribution in [0.4, 0.5) is 0 Å². The number of benzene rings is 2. The van der Waals surface area contributed by atoms with Crippen LogP contribution < -0.4 is 10.3 Å². The molecule has 2 aromatic carbocycles. The summed E-state index contributed by atoms with van der Waals surface area (Å²) in [6.45, 7) is 5.83. The van der Waals surface area contributed by atoms with Gasteiger partial charge in [-0.05, 0) is 49.6 Å². The molecule has 0 saturated heterocycles. The summed E-state index contributed by atoms with van der Waals surface area (Å²) in [5.41, 5.74) is 3.40. The van der Waals surface area contributed by atoms with Crippen molar-refractivity contribution in [1.82, 2.24) is 9.97 Å². The van der Waals surface area contributed by atoms with Gasteiger partial charge < -0.3 is 9.72 Å². The Morgan fingerprint density at radius 3 is 2.60 bits per heavy atom. The van der Waals surface area contributed by atoms with E-state index < -0.39 is 0 Å². The smallest absolute Gasteiger partial charge is 0.311 e. The molecule has 3 rings (SSSR count). The Bertz CT molecular complexity index is 1010. The number of rotatable bonds is 4. The summed E-state index contributed by atoms with van der Waals surface area (Å²) in [6.07, 6.45) is 0.469. The molecule has 0 spiro atoms. The molecule has 0 aliphatic carbocycles.